The molecule has 0 fully saturated rings. The van der Waals surface area contributed by atoms with Crippen molar-refractivity contribution in [2.75, 3.05) is 0 Å². The molecule has 0 aliphatic heterocycles. The largest absolute Gasteiger partial charge is 0.481 e. The van der Waals surface area contributed by atoms with Crippen molar-refractivity contribution >= 4 is 5.97 Å². The minimum Gasteiger partial charge on any atom is -0.481 e. The summed E-state index contributed by atoms with van der Waals surface area (Å²) in [5.74, 6) is -0.263. The maximum Gasteiger partial charge on any atom is 0.416 e. The molecule has 3 rings (SSSR count). The number of allylic oxidation sites excluding steroid dienone is 2. The molecule has 3 nitrogen and oxygen atoms in total. The lowest BCUT2D eigenvalue weighted by Gasteiger charge is -2.27. The summed E-state index contributed by atoms with van der Waals surface area (Å²) in [7, 11) is 0. The van der Waals surface area contributed by atoms with Crippen molar-refractivity contribution in [3.8, 4) is 5.75 Å². The number of carboxylic acids is 1. The normalized spacial score (nSPS) is 17.4. The number of ether oxygens (including phenoxy) is 1. The van der Waals surface area contributed by atoms with E-state index in [9.17, 15) is 23.1 Å². The molecule has 0 bridgehead atoms. The van der Waals surface area contributed by atoms with E-state index in [-0.39, 0.29) is 11.8 Å². The van der Waals surface area contributed by atoms with Crippen molar-refractivity contribution in [3.63, 3.8) is 0 Å². The molecule has 6 heteroatoms. The number of carbonyl (C=O) groups is 1. The van der Waals surface area contributed by atoms with Crippen molar-refractivity contribution < 1.29 is 27.8 Å². The van der Waals surface area contributed by atoms with Crippen LogP contribution < -0.4 is 4.74 Å². The third-order valence-electron chi connectivity index (χ3n) is 6.03. The zero-order chi connectivity index (χ0) is 25.0. The molecule has 0 amide bonds. The van der Waals surface area contributed by atoms with Crippen LogP contribution in [0, 0.1) is 11.8 Å². The zero-order valence-electron chi connectivity index (χ0n) is 19.9. The molecule has 0 radical (unpaired) electrons. The number of hydrogen-bond donors (Lipinski definition) is 1. The second kappa shape index (κ2) is 10.5. The van der Waals surface area contributed by atoms with Gasteiger partial charge in [-0.15, -0.1) is 0 Å². The van der Waals surface area contributed by atoms with E-state index in [4.69, 9.17) is 4.74 Å². The topological polar surface area (TPSA) is 46.5 Å². The Labute approximate surface area is 199 Å². The number of alkyl halides is 3. The van der Waals surface area contributed by atoms with Gasteiger partial charge in [-0.05, 0) is 72.2 Å². The van der Waals surface area contributed by atoms with Crippen LogP contribution in [-0.4, -0.2) is 11.1 Å². The molecule has 2 unspecified atom stereocenters. The summed E-state index contributed by atoms with van der Waals surface area (Å²) in [5.41, 5.74) is 1.80. The molecule has 0 spiro atoms. The maximum atomic E-state index is 13.0. The molecule has 0 aromatic heterocycles. The minimum absolute atomic E-state index is 0.171. The molecule has 182 valence electrons. The summed E-state index contributed by atoms with van der Waals surface area (Å²) in [6.45, 7) is 8.11. The van der Waals surface area contributed by atoms with Gasteiger partial charge in [0.2, 0.25) is 0 Å². The van der Waals surface area contributed by atoms with Gasteiger partial charge in [0.15, 0.2) is 0 Å². The third kappa shape index (κ3) is 6.52. The molecule has 2 aromatic carbocycles. The Hall–Kier alpha value is -3.02. The van der Waals surface area contributed by atoms with E-state index in [1.54, 1.807) is 6.08 Å². The van der Waals surface area contributed by atoms with Crippen LogP contribution in [0.4, 0.5) is 13.2 Å². The molecule has 0 saturated carbocycles. The van der Waals surface area contributed by atoms with Gasteiger partial charge in [0, 0.05) is 5.92 Å². The first-order valence-corrected chi connectivity index (χ1v) is 11.5. The van der Waals surface area contributed by atoms with E-state index in [1.807, 2.05) is 44.2 Å². The van der Waals surface area contributed by atoms with Gasteiger partial charge in [0.05, 0.1) is 11.5 Å². The molecule has 1 N–H and O–H groups in total. The van der Waals surface area contributed by atoms with Crippen LogP contribution in [0.25, 0.3) is 0 Å². The molecule has 0 heterocycles. The summed E-state index contributed by atoms with van der Waals surface area (Å²) in [5, 5.41) is 9.90. The van der Waals surface area contributed by atoms with Gasteiger partial charge in [-0.25, -0.2) is 0 Å². The molecule has 1 aliphatic carbocycles. The molecule has 0 saturated heterocycles. The second-order valence-electron chi connectivity index (χ2n) is 9.57. The molecule has 1 aliphatic rings. The van der Waals surface area contributed by atoms with Gasteiger partial charge < -0.3 is 9.84 Å². The smallest absolute Gasteiger partial charge is 0.416 e. The third-order valence-corrected chi connectivity index (χ3v) is 6.03. The summed E-state index contributed by atoms with van der Waals surface area (Å²) >= 11 is 0. The minimum atomic E-state index is -4.41. The Morgan fingerprint density at radius 2 is 1.76 bits per heavy atom. The standard InChI is InChI=1S/C28H31F3O3/c1-17(2)12-26(27(32)33)22-13-21(19-8-10-23(11-9-19)28(29,30)31)15-25(16-22)34-24-7-5-6-20(14-24)18(3)4/h5-11,14-18,21,26H,12-13H2,1-4H3,(H,32,33). The zero-order valence-corrected chi connectivity index (χ0v) is 19.9. The number of hydrogen-bond acceptors (Lipinski definition) is 2. The fraction of sp³-hybridized carbons (Fsp3) is 0.393. The van der Waals surface area contributed by atoms with Crippen molar-refractivity contribution in [1.29, 1.82) is 0 Å². The number of carboxylic acid groups (broad SMARTS) is 1. The Kier molecular flexibility index (Phi) is 7.90. The van der Waals surface area contributed by atoms with E-state index in [2.05, 4.69) is 13.8 Å². The summed E-state index contributed by atoms with van der Waals surface area (Å²) < 4.78 is 45.2. The summed E-state index contributed by atoms with van der Waals surface area (Å²) in [6, 6.07) is 12.8. The Morgan fingerprint density at radius 1 is 1.09 bits per heavy atom. The van der Waals surface area contributed by atoms with Crippen LogP contribution in [-0.2, 0) is 11.0 Å². The monoisotopic (exact) mass is 472 g/mol. The van der Waals surface area contributed by atoms with Gasteiger partial charge in [-0.2, -0.15) is 13.2 Å². The number of aliphatic carboxylic acids is 1. The van der Waals surface area contributed by atoms with E-state index in [0.29, 0.717) is 41.4 Å². The van der Waals surface area contributed by atoms with E-state index >= 15 is 0 Å². The van der Waals surface area contributed by atoms with Gasteiger partial charge >= 0.3 is 12.1 Å². The average Bonchev–Trinajstić information content (AvgIpc) is 2.76. The number of halogens is 3. The van der Waals surface area contributed by atoms with Gasteiger partial charge in [-0.1, -0.05) is 57.5 Å². The highest BCUT2D eigenvalue weighted by Gasteiger charge is 2.32. The highest BCUT2D eigenvalue weighted by atomic mass is 19.4. The fourth-order valence-electron chi connectivity index (χ4n) is 4.20. The average molecular weight is 473 g/mol. The molecular formula is C28H31F3O3. The van der Waals surface area contributed by atoms with Crippen LogP contribution in [0.5, 0.6) is 5.75 Å². The van der Waals surface area contributed by atoms with E-state index in [1.165, 1.54) is 12.1 Å². The Balaban J connectivity index is 1.98. The van der Waals surface area contributed by atoms with Crippen LogP contribution in [0.3, 0.4) is 0 Å². The molecule has 2 atom stereocenters. The van der Waals surface area contributed by atoms with Gasteiger partial charge in [0.25, 0.3) is 0 Å². The van der Waals surface area contributed by atoms with Crippen molar-refractivity contribution in [2.45, 2.75) is 58.5 Å². The Bertz CT molecular complexity index is 1060. The molecule has 34 heavy (non-hydrogen) atoms. The number of rotatable bonds is 8. The predicted octanol–water partition coefficient (Wildman–Crippen LogP) is 7.95. The summed E-state index contributed by atoms with van der Waals surface area (Å²) in [6.07, 6.45) is 0.116. The van der Waals surface area contributed by atoms with Crippen LogP contribution in [0.15, 0.2) is 72.0 Å². The Morgan fingerprint density at radius 3 is 2.32 bits per heavy atom. The van der Waals surface area contributed by atoms with Gasteiger partial charge in [-0.3, -0.25) is 4.79 Å². The van der Waals surface area contributed by atoms with Crippen LogP contribution in [0.2, 0.25) is 0 Å². The van der Waals surface area contributed by atoms with Crippen molar-refractivity contribution in [3.05, 3.63) is 88.7 Å². The first kappa shape index (κ1) is 25.6. The SMILES string of the molecule is CC(C)CC(C(=O)O)C1=CC(Oc2cccc(C(C)C)c2)=CC(c2ccc(C(F)(F)F)cc2)C1. The van der Waals surface area contributed by atoms with Crippen molar-refractivity contribution in [2.24, 2.45) is 11.8 Å². The van der Waals surface area contributed by atoms with E-state index in [0.717, 1.165) is 17.7 Å². The lowest BCUT2D eigenvalue weighted by molar-refractivity contribution is -0.141. The van der Waals surface area contributed by atoms with Crippen molar-refractivity contribution in [1.82, 2.24) is 0 Å². The van der Waals surface area contributed by atoms with Gasteiger partial charge in [0.1, 0.15) is 11.5 Å². The lowest BCUT2D eigenvalue weighted by Crippen LogP contribution is -2.22. The highest BCUT2D eigenvalue weighted by Crippen LogP contribution is 2.38. The first-order valence-electron chi connectivity index (χ1n) is 11.5. The molecular weight excluding hydrogens is 441 g/mol. The van der Waals surface area contributed by atoms with E-state index < -0.39 is 23.6 Å². The second-order valence-corrected chi connectivity index (χ2v) is 9.57. The maximum absolute atomic E-state index is 13.0. The summed E-state index contributed by atoms with van der Waals surface area (Å²) in [4.78, 5) is 12.1. The quantitative estimate of drug-likeness (QED) is 0.424. The fourth-order valence-corrected chi connectivity index (χ4v) is 4.20. The number of benzene rings is 2. The highest BCUT2D eigenvalue weighted by molar-refractivity contribution is 5.74. The first-order chi connectivity index (χ1) is 15.9. The predicted molar refractivity (Wildman–Crippen MR) is 127 cm³/mol. The molecule has 2 aromatic rings. The van der Waals surface area contributed by atoms with Crippen LogP contribution in [0.1, 0.15) is 69.1 Å². The van der Waals surface area contributed by atoms with Crippen LogP contribution >= 0.6 is 0 Å². The lowest BCUT2D eigenvalue weighted by atomic mass is 9.79.